The molecule has 0 radical (unpaired) electrons. The van der Waals surface area contributed by atoms with Crippen LogP contribution in [0.3, 0.4) is 0 Å². The van der Waals surface area contributed by atoms with Gasteiger partial charge < -0.3 is 9.88 Å². The minimum absolute atomic E-state index is 0.437. The highest BCUT2D eigenvalue weighted by molar-refractivity contribution is 5.64. The van der Waals surface area contributed by atoms with E-state index in [1.807, 2.05) is 18.5 Å². The van der Waals surface area contributed by atoms with Gasteiger partial charge in [0.1, 0.15) is 5.82 Å². The van der Waals surface area contributed by atoms with E-state index in [0.717, 1.165) is 25.9 Å². The summed E-state index contributed by atoms with van der Waals surface area (Å²) in [5.41, 5.74) is 6.55. The molecule has 0 saturated heterocycles. The molecule has 5 rings (SSSR count). The molecule has 0 fully saturated rings. The first kappa shape index (κ1) is 15.8. The van der Waals surface area contributed by atoms with Crippen LogP contribution >= 0.6 is 0 Å². The molecule has 4 heteroatoms. The van der Waals surface area contributed by atoms with E-state index in [-0.39, 0.29) is 0 Å². The van der Waals surface area contributed by atoms with Crippen LogP contribution in [0.5, 0.6) is 0 Å². The van der Waals surface area contributed by atoms with E-state index in [1.165, 1.54) is 53.0 Å². The van der Waals surface area contributed by atoms with Crippen molar-refractivity contribution in [1.29, 1.82) is 0 Å². The third kappa shape index (κ3) is 2.95. The van der Waals surface area contributed by atoms with Crippen LogP contribution in [-0.2, 0) is 25.9 Å². The van der Waals surface area contributed by atoms with Gasteiger partial charge in [-0.2, -0.15) is 0 Å². The zero-order valence-electron chi connectivity index (χ0n) is 15.0. The van der Waals surface area contributed by atoms with Crippen molar-refractivity contribution in [2.45, 2.75) is 51.2 Å². The first-order chi connectivity index (χ1) is 12.9. The molecular weight excluding hydrogens is 320 g/mol. The molecule has 4 nitrogen and oxygen atoms in total. The number of nitrogens with one attached hydrogen (secondary N) is 1. The van der Waals surface area contributed by atoms with Crippen molar-refractivity contribution < 1.29 is 0 Å². The normalized spacial score (nSPS) is 18.5. The van der Waals surface area contributed by atoms with Gasteiger partial charge in [0, 0.05) is 44.1 Å². The summed E-state index contributed by atoms with van der Waals surface area (Å²) in [4.78, 5) is 9.05. The Bertz CT molecular complexity index is 890. The topological polar surface area (TPSA) is 42.7 Å². The molecule has 1 aliphatic heterocycles. The number of benzene rings is 1. The van der Waals surface area contributed by atoms with Gasteiger partial charge in [-0.1, -0.05) is 24.3 Å². The van der Waals surface area contributed by atoms with E-state index in [4.69, 9.17) is 4.98 Å². The van der Waals surface area contributed by atoms with Gasteiger partial charge in [-0.15, -0.1) is 0 Å². The summed E-state index contributed by atoms with van der Waals surface area (Å²) >= 11 is 0. The lowest BCUT2D eigenvalue weighted by Gasteiger charge is -2.13. The number of aromatic nitrogens is 3. The summed E-state index contributed by atoms with van der Waals surface area (Å²) in [5, 5.41) is 3.73. The largest absolute Gasteiger partial charge is 0.335 e. The predicted octanol–water partition coefficient (Wildman–Crippen LogP) is 4.06. The molecule has 0 saturated carbocycles. The summed E-state index contributed by atoms with van der Waals surface area (Å²) in [6.45, 7) is 1.99. The quantitative estimate of drug-likeness (QED) is 0.776. The summed E-state index contributed by atoms with van der Waals surface area (Å²) < 4.78 is 2.34. The Hall–Kier alpha value is -2.46. The van der Waals surface area contributed by atoms with Crippen molar-refractivity contribution in [3.05, 3.63) is 71.6 Å². The number of imidazole rings is 1. The molecule has 2 aromatic heterocycles. The van der Waals surface area contributed by atoms with Gasteiger partial charge in [-0.3, -0.25) is 4.98 Å². The van der Waals surface area contributed by atoms with Crippen LogP contribution < -0.4 is 5.32 Å². The number of hydrogen-bond acceptors (Lipinski definition) is 3. The lowest BCUT2D eigenvalue weighted by atomic mass is 10.0. The van der Waals surface area contributed by atoms with E-state index in [0.29, 0.717) is 6.04 Å². The standard InChI is InChI=1S/C22H24N4/c1-2-11-26-15-19(25-22(26)5-1)14-24-21-9-7-17-12-16(6-8-20(17)21)18-4-3-10-23-13-18/h3-4,6,8,10,12-13,15,21,24H,1-2,5,7,9,11,14H2. The zero-order chi connectivity index (χ0) is 17.3. The smallest absolute Gasteiger partial charge is 0.109 e. The molecule has 0 bridgehead atoms. The monoisotopic (exact) mass is 344 g/mol. The highest BCUT2D eigenvalue weighted by Gasteiger charge is 2.23. The second-order valence-electron chi connectivity index (χ2n) is 7.43. The Balaban J connectivity index is 1.30. The fourth-order valence-corrected chi connectivity index (χ4v) is 4.33. The molecule has 132 valence electrons. The Labute approximate surface area is 154 Å². The summed E-state index contributed by atoms with van der Waals surface area (Å²) in [5.74, 6) is 1.26. The van der Waals surface area contributed by atoms with Crippen LogP contribution in [0.2, 0.25) is 0 Å². The average molecular weight is 344 g/mol. The molecule has 3 heterocycles. The first-order valence-corrected chi connectivity index (χ1v) is 9.68. The lowest BCUT2D eigenvalue weighted by molar-refractivity contribution is 0.522. The number of pyridine rings is 1. The van der Waals surface area contributed by atoms with E-state index in [1.54, 1.807) is 0 Å². The summed E-state index contributed by atoms with van der Waals surface area (Å²) in [6.07, 6.45) is 12.0. The highest BCUT2D eigenvalue weighted by Crippen LogP contribution is 2.34. The average Bonchev–Trinajstić information content (AvgIpc) is 3.30. The van der Waals surface area contributed by atoms with Gasteiger partial charge in [0.05, 0.1) is 5.69 Å². The van der Waals surface area contributed by atoms with Crippen molar-refractivity contribution in [1.82, 2.24) is 19.9 Å². The van der Waals surface area contributed by atoms with Crippen molar-refractivity contribution in [2.75, 3.05) is 0 Å². The molecular formula is C22H24N4. The number of rotatable bonds is 4. The summed E-state index contributed by atoms with van der Waals surface area (Å²) in [6, 6.07) is 11.4. The Morgan fingerprint density at radius 1 is 1.12 bits per heavy atom. The van der Waals surface area contributed by atoms with Crippen LogP contribution in [0.4, 0.5) is 0 Å². The van der Waals surface area contributed by atoms with Crippen molar-refractivity contribution in [2.24, 2.45) is 0 Å². The van der Waals surface area contributed by atoms with E-state index >= 15 is 0 Å². The fourth-order valence-electron chi connectivity index (χ4n) is 4.33. The van der Waals surface area contributed by atoms with Crippen molar-refractivity contribution in [3.8, 4) is 11.1 Å². The molecule has 26 heavy (non-hydrogen) atoms. The number of nitrogens with zero attached hydrogens (tertiary/aromatic N) is 3. The van der Waals surface area contributed by atoms with Crippen molar-refractivity contribution >= 4 is 0 Å². The van der Waals surface area contributed by atoms with E-state index < -0.39 is 0 Å². The van der Waals surface area contributed by atoms with E-state index in [2.05, 4.69) is 45.3 Å². The molecule has 1 atom stereocenters. The maximum Gasteiger partial charge on any atom is 0.109 e. The maximum absolute atomic E-state index is 4.82. The number of aryl methyl sites for hydroxylation is 3. The van der Waals surface area contributed by atoms with Gasteiger partial charge in [-0.25, -0.2) is 4.98 Å². The molecule has 2 aliphatic rings. The molecule has 1 aliphatic carbocycles. The Kier molecular flexibility index (Phi) is 4.06. The highest BCUT2D eigenvalue weighted by atomic mass is 15.1. The van der Waals surface area contributed by atoms with Crippen LogP contribution in [0.1, 0.15) is 47.9 Å². The second-order valence-corrected chi connectivity index (χ2v) is 7.43. The second kappa shape index (κ2) is 6.69. The van der Waals surface area contributed by atoms with Crippen LogP contribution in [0.25, 0.3) is 11.1 Å². The fraction of sp³-hybridized carbons (Fsp3) is 0.364. The van der Waals surface area contributed by atoms with Gasteiger partial charge in [0.25, 0.3) is 0 Å². The molecule has 1 aromatic carbocycles. The van der Waals surface area contributed by atoms with Crippen LogP contribution in [0, 0.1) is 0 Å². The molecule has 1 N–H and O–H groups in total. The minimum Gasteiger partial charge on any atom is -0.335 e. The molecule has 0 amide bonds. The molecule has 1 unspecified atom stereocenters. The predicted molar refractivity (Wildman–Crippen MR) is 103 cm³/mol. The third-order valence-corrected chi connectivity index (χ3v) is 5.70. The van der Waals surface area contributed by atoms with Gasteiger partial charge in [0.2, 0.25) is 0 Å². The number of fused-ring (bicyclic) bond motifs is 2. The first-order valence-electron chi connectivity index (χ1n) is 9.68. The lowest BCUT2D eigenvalue weighted by Crippen LogP contribution is -2.18. The molecule has 3 aromatic rings. The third-order valence-electron chi connectivity index (χ3n) is 5.70. The maximum atomic E-state index is 4.82. The Morgan fingerprint density at radius 2 is 2.12 bits per heavy atom. The van der Waals surface area contributed by atoms with Crippen LogP contribution in [0.15, 0.2) is 48.9 Å². The zero-order valence-corrected chi connectivity index (χ0v) is 15.0. The van der Waals surface area contributed by atoms with Gasteiger partial charge >= 0.3 is 0 Å². The van der Waals surface area contributed by atoms with Gasteiger partial charge in [0.15, 0.2) is 0 Å². The molecule has 0 spiro atoms. The van der Waals surface area contributed by atoms with Gasteiger partial charge in [-0.05, 0) is 54.0 Å². The Morgan fingerprint density at radius 3 is 3.00 bits per heavy atom. The minimum atomic E-state index is 0.437. The van der Waals surface area contributed by atoms with Crippen molar-refractivity contribution in [3.63, 3.8) is 0 Å². The van der Waals surface area contributed by atoms with Crippen LogP contribution in [-0.4, -0.2) is 14.5 Å². The van der Waals surface area contributed by atoms with E-state index in [9.17, 15) is 0 Å². The number of hydrogen-bond donors (Lipinski definition) is 1. The SMILES string of the molecule is c1cncc(-c2ccc3c(c2)CCC3NCc2cn3c(n2)CCCC3)c1. The summed E-state index contributed by atoms with van der Waals surface area (Å²) in [7, 11) is 0.